The smallest absolute Gasteiger partial charge is 0.0875 e. The first-order chi connectivity index (χ1) is 8.93. The standard InChI is InChI=1S/C16H15NO/c1-2-6-14(7-3-1)12-18-13-16-10-9-15-8-4-5-11-17(15)16/h1-11H,12-13H2. The van der Waals surface area contributed by atoms with Crippen molar-refractivity contribution < 1.29 is 4.74 Å². The maximum absolute atomic E-state index is 5.75. The van der Waals surface area contributed by atoms with E-state index in [1.165, 1.54) is 16.8 Å². The molecular weight excluding hydrogens is 222 g/mol. The normalized spacial score (nSPS) is 10.9. The van der Waals surface area contributed by atoms with E-state index < -0.39 is 0 Å². The lowest BCUT2D eigenvalue weighted by atomic mass is 10.2. The monoisotopic (exact) mass is 237 g/mol. The van der Waals surface area contributed by atoms with E-state index in [2.05, 4.69) is 40.9 Å². The third-order valence-electron chi connectivity index (χ3n) is 3.01. The third-order valence-corrected chi connectivity index (χ3v) is 3.01. The number of nitrogens with zero attached hydrogens (tertiary/aromatic N) is 1. The molecule has 0 radical (unpaired) electrons. The Bertz CT molecular complexity index is 628. The predicted octanol–water partition coefficient (Wildman–Crippen LogP) is 3.66. The van der Waals surface area contributed by atoms with Crippen LogP contribution in [0, 0.1) is 0 Å². The second-order valence-electron chi connectivity index (χ2n) is 4.30. The van der Waals surface area contributed by atoms with Crippen LogP contribution in [0.5, 0.6) is 0 Å². The van der Waals surface area contributed by atoms with Gasteiger partial charge in [-0.3, -0.25) is 0 Å². The van der Waals surface area contributed by atoms with Gasteiger partial charge in [0.15, 0.2) is 0 Å². The summed E-state index contributed by atoms with van der Waals surface area (Å²) >= 11 is 0. The Labute approximate surface area is 106 Å². The Hall–Kier alpha value is -2.06. The van der Waals surface area contributed by atoms with Gasteiger partial charge in [-0.2, -0.15) is 0 Å². The fourth-order valence-electron chi connectivity index (χ4n) is 2.08. The van der Waals surface area contributed by atoms with Crippen molar-refractivity contribution >= 4 is 5.52 Å². The average Bonchev–Trinajstić information content (AvgIpc) is 2.84. The second kappa shape index (κ2) is 5.07. The molecule has 0 amide bonds. The molecule has 0 N–H and O–H groups in total. The van der Waals surface area contributed by atoms with Gasteiger partial charge in [0.1, 0.15) is 0 Å². The molecule has 3 aromatic rings. The van der Waals surface area contributed by atoms with Gasteiger partial charge in [-0.25, -0.2) is 0 Å². The van der Waals surface area contributed by atoms with Crippen LogP contribution in [0.4, 0.5) is 0 Å². The summed E-state index contributed by atoms with van der Waals surface area (Å²) in [5, 5.41) is 0. The molecule has 0 saturated carbocycles. The zero-order chi connectivity index (χ0) is 12.2. The quantitative estimate of drug-likeness (QED) is 0.675. The molecule has 0 fully saturated rings. The van der Waals surface area contributed by atoms with E-state index in [9.17, 15) is 0 Å². The summed E-state index contributed by atoms with van der Waals surface area (Å²) in [7, 11) is 0. The summed E-state index contributed by atoms with van der Waals surface area (Å²) < 4.78 is 7.91. The van der Waals surface area contributed by atoms with Crippen LogP contribution < -0.4 is 0 Å². The van der Waals surface area contributed by atoms with Crippen LogP contribution in [-0.4, -0.2) is 4.40 Å². The largest absolute Gasteiger partial charge is 0.371 e. The number of benzene rings is 1. The van der Waals surface area contributed by atoms with Crippen molar-refractivity contribution in [2.24, 2.45) is 0 Å². The van der Waals surface area contributed by atoms with Crippen LogP contribution in [0.3, 0.4) is 0 Å². The van der Waals surface area contributed by atoms with Crippen LogP contribution >= 0.6 is 0 Å². The molecule has 3 rings (SSSR count). The van der Waals surface area contributed by atoms with Crippen molar-refractivity contribution in [3.05, 3.63) is 78.1 Å². The van der Waals surface area contributed by atoms with Crippen molar-refractivity contribution in [3.8, 4) is 0 Å². The third kappa shape index (κ3) is 2.29. The van der Waals surface area contributed by atoms with Gasteiger partial charge in [0.25, 0.3) is 0 Å². The zero-order valence-electron chi connectivity index (χ0n) is 10.1. The minimum absolute atomic E-state index is 0.632. The first-order valence-electron chi connectivity index (χ1n) is 6.10. The molecule has 0 aliphatic rings. The second-order valence-corrected chi connectivity index (χ2v) is 4.30. The summed E-state index contributed by atoms with van der Waals surface area (Å²) in [6, 6.07) is 20.6. The number of hydrogen-bond acceptors (Lipinski definition) is 1. The number of pyridine rings is 1. The minimum atomic E-state index is 0.632. The Morgan fingerprint density at radius 3 is 2.50 bits per heavy atom. The summed E-state index contributed by atoms with van der Waals surface area (Å²) in [4.78, 5) is 0. The molecule has 2 nitrogen and oxygen atoms in total. The summed E-state index contributed by atoms with van der Waals surface area (Å²) in [5.41, 5.74) is 3.59. The first kappa shape index (κ1) is 11.1. The molecule has 2 heteroatoms. The highest BCUT2D eigenvalue weighted by Gasteiger charge is 2.00. The van der Waals surface area contributed by atoms with Crippen molar-refractivity contribution in [1.82, 2.24) is 4.40 Å². The fourth-order valence-corrected chi connectivity index (χ4v) is 2.08. The van der Waals surface area contributed by atoms with Gasteiger partial charge in [0.2, 0.25) is 0 Å². The fraction of sp³-hybridized carbons (Fsp3) is 0.125. The molecule has 0 bridgehead atoms. The number of hydrogen-bond donors (Lipinski definition) is 0. The molecule has 18 heavy (non-hydrogen) atoms. The van der Waals surface area contributed by atoms with E-state index in [0.29, 0.717) is 13.2 Å². The molecule has 2 heterocycles. The first-order valence-corrected chi connectivity index (χ1v) is 6.10. The van der Waals surface area contributed by atoms with E-state index in [4.69, 9.17) is 4.74 Å². The highest BCUT2D eigenvalue weighted by Crippen LogP contribution is 2.11. The lowest BCUT2D eigenvalue weighted by molar-refractivity contribution is 0.104. The topological polar surface area (TPSA) is 13.6 Å². The van der Waals surface area contributed by atoms with Gasteiger partial charge in [0, 0.05) is 17.4 Å². The van der Waals surface area contributed by atoms with Crippen molar-refractivity contribution in [3.63, 3.8) is 0 Å². The molecule has 90 valence electrons. The van der Waals surface area contributed by atoms with Gasteiger partial charge in [-0.15, -0.1) is 0 Å². The number of ether oxygens (including phenoxy) is 1. The van der Waals surface area contributed by atoms with Crippen molar-refractivity contribution in [2.45, 2.75) is 13.2 Å². The number of rotatable bonds is 4. The lowest BCUT2D eigenvalue weighted by Gasteiger charge is -2.05. The maximum Gasteiger partial charge on any atom is 0.0875 e. The molecule has 0 saturated heterocycles. The molecule has 0 aliphatic heterocycles. The van der Waals surface area contributed by atoms with E-state index in [1.54, 1.807) is 0 Å². The Balaban J connectivity index is 1.67. The highest BCUT2D eigenvalue weighted by atomic mass is 16.5. The van der Waals surface area contributed by atoms with Gasteiger partial charge in [0.05, 0.1) is 13.2 Å². The van der Waals surface area contributed by atoms with Gasteiger partial charge in [-0.05, 0) is 29.8 Å². The van der Waals surface area contributed by atoms with Crippen molar-refractivity contribution in [1.29, 1.82) is 0 Å². The summed E-state index contributed by atoms with van der Waals surface area (Å²) in [6.45, 7) is 1.29. The molecule has 1 aromatic carbocycles. The van der Waals surface area contributed by atoms with E-state index in [1.807, 2.05) is 30.3 Å². The molecule has 0 spiro atoms. The molecule has 0 unspecified atom stereocenters. The average molecular weight is 237 g/mol. The van der Waals surface area contributed by atoms with Crippen molar-refractivity contribution in [2.75, 3.05) is 0 Å². The Kier molecular flexibility index (Phi) is 3.11. The van der Waals surface area contributed by atoms with Crippen LogP contribution in [0.1, 0.15) is 11.3 Å². The minimum Gasteiger partial charge on any atom is -0.371 e. The summed E-state index contributed by atoms with van der Waals surface area (Å²) in [6.07, 6.45) is 2.07. The van der Waals surface area contributed by atoms with Crippen LogP contribution in [0.2, 0.25) is 0 Å². The van der Waals surface area contributed by atoms with E-state index in [-0.39, 0.29) is 0 Å². The number of aromatic nitrogens is 1. The van der Waals surface area contributed by atoms with Crippen LogP contribution in [0.15, 0.2) is 66.9 Å². The lowest BCUT2D eigenvalue weighted by Crippen LogP contribution is -1.97. The highest BCUT2D eigenvalue weighted by molar-refractivity contribution is 5.49. The predicted molar refractivity (Wildman–Crippen MR) is 72.3 cm³/mol. The van der Waals surface area contributed by atoms with Gasteiger partial charge >= 0.3 is 0 Å². The molecular formula is C16H15NO. The van der Waals surface area contributed by atoms with Crippen LogP contribution in [-0.2, 0) is 18.0 Å². The zero-order valence-corrected chi connectivity index (χ0v) is 10.1. The SMILES string of the molecule is c1ccc(COCc2ccc3ccccn23)cc1. The molecule has 2 aromatic heterocycles. The van der Waals surface area contributed by atoms with E-state index >= 15 is 0 Å². The number of fused-ring (bicyclic) bond motifs is 1. The summed E-state index contributed by atoms with van der Waals surface area (Å²) in [5.74, 6) is 0. The maximum atomic E-state index is 5.75. The Morgan fingerprint density at radius 2 is 1.61 bits per heavy atom. The molecule has 0 aliphatic carbocycles. The van der Waals surface area contributed by atoms with Crippen LogP contribution in [0.25, 0.3) is 5.52 Å². The van der Waals surface area contributed by atoms with E-state index in [0.717, 1.165) is 0 Å². The van der Waals surface area contributed by atoms with Gasteiger partial charge < -0.3 is 9.14 Å². The Morgan fingerprint density at radius 1 is 0.778 bits per heavy atom. The molecule has 0 atom stereocenters. The van der Waals surface area contributed by atoms with Gasteiger partial charge in [-0.1, -0.05) is 36.4 Å².